The number of rotatable bonds is 2. The number of pyridine rings is 1. The van der Waals surface area contributed by atoms with Crippen molar-refractivity contribution in [3.63, 3.8) is 0 Å². The van der Waals surface area contributed by atoms with Gasteiger partial charge in [-0.1, -0.05) is 0 Å². The zero-order chi connectivity index (χ0) is 13.1. The molecule has 0 radical (unpaired) electrons. The summed E-state index contributed by atoms with van der Waals surface area (Å²) in [6.45, 7) is 0. The van der Waals surface area contributed by atoms with Crippen LogP contribution >= 0.6 is 0 Å². The van der Waals surface area contributed by atoms with Gasteiger partial charge in [0, 0.05) is 36.9 Å². The van der Waals surface area contributed by atoms with Crippen LogP contribution in [-0.4, -0.2) is 17.9 Å². The summed E-state index contributed by atoms with van der Waals surface area (Å²) in [7, 11) is 1.61. The van der Waals surface area contributed by atoms with Crippen LogP contribution in [0, 0.1) is 0 Å². The molecular formula is C13H13N3O2. The number of anilines is 2. The molecule has 2 rings (SSSR count). The number of nitrogens with one attached hydrogen (secondary N) is 1. The van der Waals surface area contributed by atoms with Gasteiger partial charge in [0.15, 0.2) is 5.43 Å². The third-order valence-corrected chi connectivity index (χ3v) is 2.64. The van der Waals surface area contributed by atoms with Crippen LogP contribution in [0.15, 0.2) is 47.5 Å². The Labute approximate surface area is 104 Å². The molecule has 0 saturated carbocycles. The normalized spacial score (nSPS) is 10.1. The largest absolute Gasteiger partial charge is 0.399 e. The van der Waals surface area contributed by atoms with Crippen molar-refractivity contribution < 1.29 is 4.79 Å². The molecule has 1 aromatic heterocycles. The highest BCUT2D eigenvalue weighted by Crippen LogP contribution is 2.16. The lowest BCUT2D eigenvalue weighted by Crippen LogP contribution is -2.30. The summed E-state index contributed by atoms with van der Waals surface area (Å²) in [4.78, 5) is 27.8. The summed E-state index contributed by atoms with van der Waals surface area (Å²) in [5.74, 6) is -0.360. The van der Waals surface area contributed by atoms with E-state index in [0.29, 0.717) is 11.4 Å². The van der Waals surface area contributed by atoms with Crippen LogP contribution in [0.3, 0.4) is 0 Å². The monoisotopic (exact) mass is 243 g/mol. The minimum Gasteiger partial charge on any atom is -0.399 e. The van der Waals surface area contributed by atoms with Gasteiger partial charge in [-0.25, -0.2) is 0 Å². The van der Waals surface area contributed by atoms with Crippen molar-refractivity contribution in [2.45, 2.75) is 0 Å². The van der Waals surface area contributed by atoms with E-state index < -0.39 is 0 Å². The number of amides is 1. The van der Waals surface area contributed by atoms with Gasteiger partial charge in [-0.3, -0.25) is 9.59 Å². The molecule has 18 heavy (non-hydrogen) atoms. The molecule has 0 aliphatic heterocycles. The van der Waals surface area contributed by atoms with E-state index in [9.17, 15) is 9.59 Å². The number of nitrogens with two attached hydrogens (primary N) is 1. The van der Waals surface area contributed by atoms with Crippen LogP contribution in [0.25, 0.3) is 0 Å². The standard InChI is InChI=1S/C13H13N3O2/c1-16(10-4-2-9(14)3-5-10)13(18)11-8-15-7-6-12(11)17/h2-8H,14H2,1H3,(H,15,17). The van der Waals surface area contributed by atoms with Gasteiger partial charge in [0.2, 0.25) is 0 Å². The summed E-state index contributed by atoms with van der Waals surface area (Å²) in [6.07, 6.45) is 2.89. The first-order chi connectivity index (χ1) is 8.59. The number of benzene rings is 1. The second-order valence-corrected chi connectivity index (χ2v) is 3.88. The quantitative estimate of drug-likeness (QED) is 0.779. The summed E-state index contributed by atoms with van der Waals surface area (Å²) < 4.78 is 0. The number of carbonyl (C=O) groups excluding carboxylic acids is 1. The van der Waals surface area contributed by atoms with Gasteiger partial charge >= 0.3 is 0 Å². The molecule has 0 atom stereocenters. The topological polar surface area (TPSA) is 79.2 Å². The molecule has 92 valence electrons. The van der Waals surface area contributed by atoms with E-state index >= 15 is 0 Å². The highest BCUT2D eigenvalue weighted by atomic mass is 16.2. The second kappa shape index (κ2) is 4.75. The SMILES string of the molecule is CN(C(=O)c1c[nH]ccc1=O)c1ccc(N)cc1. The van der Waals surface area contributed by atoms with Gasteiger partial charge in [0.05, 0.1) is 0 Å². The fraction of sp³-hybridized carbons (Fsp3) is 0.0769. The van der Waals surface area contributed by atoms with E-state index in [4.69, 9.17) is 5.73 Å². The molecule has 1 heterocycles. The Hall–Kier alpha value is -2.56. The highest BCUT2D eigenvalue weighted by molar-refractivity contribution is 6.05. The minimum atomic E-state index is -0.360. The average molecular weight is 243 g/mol. The molecule has 3 N–H and O–H groups in total. The maximum atomic E-state index is 12.1. The number of hydrogen-bond acceptors (Lipinski definition) is 3. The van der Waals surface area contributed by atoms with Crippen molar-refractivity contribution in [2.75, 3.05) is 17.7 Å². The Morgan fingerprint density at radius 2 is 1.89 bits per heavy atom. The molecule has 5 heteroatoms. The summed E-state index contributed by atoms with van der Waals surface area (Å²) in [6, 6.07) is 8.18. The summed E-state index contributed by atoms with van der Waals surface area (Å²) in [5, 5.41) is 0. The molecule has 0 aliphatic rings. The number of aromatic nitrogens is 1. The second-order valence-electron chi connectivity index (χ2n) is 3.88. The Balaban J connectivity index is 2.32. The van der Waals surface area contributed by atoms with Gasteiger partial charge < -0.3 is 15.6 Å². The van der Waals surface area contributed by atoms with Crippen LogP contribution in [0.1, 0.15) is 10.4 Å². The smallest absolute Gasteiger partial charge is 0.263 e. The van der Waals surface area contributed by atoms with Crippen LogP contribution in [0.5, 0.6) is 0 Å². The molecule has 1 aromatic carbocycles. The van der Waals surface area contributed by atoms with Crippen molar-refractivity contribution in [3.05, 3.63) is 58.5 Å². The molecular weight excluding hydrogens is 230 g/mol. The Morgan fingerprint density at radius 1 is 1.22 bits per heavy atom. The van der Waals surface area contributed by atoms with Crippen molar-refractivity contribution >= 4 is 17.3 Å². The van der Waals surface area contributed by atoms with Crippen LogP contribution in [-0.2, 0) is 0 Å². The van der Waals surface area contributed by atoms with Crippen LogP contribution in [0.2, 0.25) is 0 Å². The maximum absolute atomic E-state index is 12.1. The molecule has 1 amide bonds. The van der Waals surface area contributed by atoms with Crippen molar-refractivity contribution in [1.29, 1.82) is 0 Å². The molecule has 0 bridgehead atoms. The van der Waals surface area contributed by atoms with E-state index in [-0.39, 0.29) is 16.9 Å². The number of carbonyl (C=O) groups is 1. The minimum absolute atomic E-state index is 0.108. The fourth-order valence-electron chi connectivity index (χ4n) is 1.58. The van der Waals surface area contributed by atoms with E-state index in [2.05, 4.69) is 4.98 Å². The number of nitrogens with zero attached hydrogens (tertiary/aromatic N) is 1. The van der Waals surface area contributed by atoms with Crippen LogP contribution in [0.4, 0.5) is 11.4 Å². The fourth-order valence-corrected chi connectivity index (χ4v) is 1.58. The Morgan fingerprint density at radius 3 is 2.50 bits per heavy atom. The third-order valence-electron chi connectivity index (χ3n) is 2.64. The van der Waals surface area contributed by atoms with Gasteiger partial charge in [-0.2, -0.15) is 0 Å². The van der Waals surface area contributed by atoms with E-state index in [1.54, 1.807) is 31.3 Å². The van der Waals surface area contributed by atoms with E-state index in [0.717, 1.165) is 0 Å². The van der Waals surface area contributed by atoms with Crippen LogP contribution < -0.4 is 16.1 Å². The highest BCUT2D eigenvalue weighted by Gasteiger charge is 2.15. The lowest BCUT2D eigenvalue weighted by atomic mass is 10.2. The molecule has 0 spiro atoms. The van der Waals surface area contributed by atoms with Gasteiger partial charge in [0.1, 0.15) is 5.56 Å². The number of H-pyrrole nitrogens is 1. The molecule has 2 aromatic rings. The third kappa shape index (κ3) is 2.24. The van der Waals surface area contributed by atoms with Crippen molar-refractivity contribution in [1.82, 2.24) is 4.98 Å². The molecule has 0 fully saturated rings. The van der Waals surface area contributed by atoms with Crippen molar-refractivity contribution in [2.24, 2.45) is 0 Å². The van der Waals surface area contributed by atoms with Gasteiger partial charge in [-0.05, 0) is 24.3 Å². The first kappa shape index (κ1) is 11.9. The molecule has 0 saturated heterocycles. The maximum Gasteiger partial charge on any atom is 0.263 e. The lowest BCUT2D eigenvalue weighted by molar-refractivity contribution is 0.0991. The van der Waals surface area contributed by atoms with E-state index in [1.807, 2.05) is 0 Å². The number of hydrogen-bond donors (Lipinski definition) is 2. The summed E-state index contributed by atoms with van der Waals surface area (Å²) in [5.41, 5.74) is 6.68. The van der Waals surface area contributed by atoms with E-state index in [1.165, 1.54) is 23.4 Å². The van der Waals surface area contributed by atoms with Gasteiger partial charge in [-0.15, -0.1) is 0 Å². The number of aromatic amines is 1. The predicted molar refractivity (Wildman–Crippen MR) is 70.7 cm³/mol. The zero-order valence-electron chi connectivity index (χ0n) is 9.88. The first-order valence-corrected chi connectivity index (χ1v) is 5.40. The number of nitrogen functional groups attached to an aromatic ring is 1. The predicted octanol–water partition coefficient (Wildman–Crippen LogP) is 1.23. The Kier molecular flexibility index (Phi) is 3.14. The summed E-state index contributed by atoms with van der Waals surface area (Å²) >= 11 is 0. The Bertz CT molecular complexity index is 617. The molecule has 0 unspecified atom stereocenters. The van der Waals surface area contributed by atoms with Crippen molar-refractivity contribution in [3.8, 4) is 0 Å². The molecule has 5 nitrogen and oxygen atoms in total. The molecule has 0 aliphatic carbocycles. The zero-order valence-corrected chi connectivity index (χ0v) is 9.88. The van der Waals surface area contributed by atoms with Gasteiger partial charge in [0.25, 0.3) is 5.91 Å². The lowest BCUT2D eigenvalue weighted by Gasteiger charge is -2.16. The average Bonchev–Trinajstić information content (AvgIpc) is 2.38. The first-order valence-electron chi connectivity index (χ1n) is 5.40.